The van der Waals surface area contributed by atoms with Gasteiger partial charge in [0.15, 0.2) is 5.69 Å². The molecule has 0 bridgehead atoms. The number of hydrogen-bond acceptors (Lipinski definition) is 5. The van der Waals surface area contributed by atoms with Crippen LogP contribution in [0.4, 0.5) is 5.82 Å². The van der Waals surface area contributed by atoms with E-state index in [1.807, 2.05) is 11.5 Å². The fourth-order valence-corrected chi connectivity index (χ4v) is 2.02. The van der Waals surface area contributed by atoms with Gasteiger partial charge in [-0.05, 0) is 25.7 Å². The summed E-state index contributed by atoms with van der Waals surface area (Å²) in [5.41, 5.74) is 6.24. The lowest BCUT2D eigenvalue weighted by Gasteiger charge is -2.26. The SMILES string of the molecule is CCOC(=O)c1nc(C)n(CC(C)(C)CCOC)c1N. The Morgan fingerprint density at radius 2 is 2.10 bits per heavy atom. The van der Waals surface area contributed by atoms with Gasteiger partial charge in [-0.25, -0.2) is 9.78 Å². The number of nitrogens with zero attached hydrogens (tertiary/aromatic N) is 2. The second kappa shape index (κ2) is 6.74. The molecule has 0 spiro atoms. The quantitative estimate of drug-likeness (QED) is 0.774. The molecule has 0 aliphatic carbocycles. The molecular formula is C14H25N3O3. The minimum atomic E-state index is -0.471. The maximum Gasteiger partial charge on any atom is 0.360 e. The lowest BCUT2D eigenvalue weighted by molar-refractivity contribution is 0.0521. The molecule has 6 heteroatoms. The van der Waals surface area contributed by atoms with Crippen molar-refractivity contribution < 1.29 is 14.3 Å². The molecule has 0 aromatic carbocycles. The summed E-state index contributed by atoms with van der Waals surface area (Å²) >= 11 is 0. The van der Waals surface area contributed by atoms with Crippen LogP contribution in [0.3, 0.4) is 0 Å². The molecule has 0 aliphatic rings. The molecule has 20 heavy (non-hydrogen) atoms. The molecule has 2 N–H and O–H groups in total. The number of nitrogens with two attached hydrogens (primary N) is 1. The third kappa shape index (κ3) is 3.96. The fraction of sp³-hybridized carbons (Fsp3) is 0.714. The van der Waals surface area contributed by atoms with Crippen LogP contribution in [0.1, 0.15) is 43.5 Å². The first kappa shape index (κ1) is 16.5. The molecule has 0 fully saturated rings. The lowest BCUT2D eigenvalue weighted by Crippen LogP contribution is -2.23. The number of hydrogen-bond donors (Lipinski definition) is 1. The smallest absolute Gasteiger partial charge is 0.360 e. The van der Waals surface area contributed by atoms with Gasteiger partial charge in [0.05, 0.1) is 6.61 Å². The van der Waals surface area contributed by atoms with E-state index in [9.17, 15) is 4.79 Å². The Labute approximate surface area is 120 Å². The summed E-state index contributed by atoms with van der Waals surface area (Å²) in [7, 11) is 1.69. The summed E-state index contributed by atoms with van der Waals surface area (Å²) < 4.78 is 11.9. The van der Waals surface area contributed by atoms with E-state index in [4.69, 9.17) is 15.2 Å². The zero-order valence-electron chi connectivity index (χ0n) is 13.0. The molecule has 0 aliphatic heterocycles. The second-order valence-electron chi connectivity index (χ2n) is 5.61. The number of ether oxygens (including phenoxy) is 2. The van der Waals surface area contributed by atoms with Crippen molar-refractivity contribution in [1.29, 1.82) is 0 Å². The van der Waals surface area contributed by atoms with Gasteiger partial charge in [0.1, 0.15) is 11.6 Å². The largest absolute Gasteiger partial charge is 0.461 e. The van der Waals surface area contributed by atoms with E-state index >= 15 is 0 Å². The first-order chi connectivity index (χ1) is 9.32. The second-order valence-corrected chi connectivity index (χ2v) is 5.61. The van der Waals surface area contributed by atoms with Gasteiger partial charge in [-0.1, -0.05) is 13.8 Å². The Bertz CT molecular complexity index is 466. The summed E-state index contributed by atoms with van der Waals surface area (Å²) in [6.45, 7) is 9.54. The van der Waals surface area contributed by atoms with Crippen molar-refractivity contribution in [2.75, 3.05) is 26.1 Å². The number of carbonyl (C=O) groups excluding carboxylic acids is 1. The molecule has 1 heterocycles. The fourth-order valence-electron chi connectivity index (χ4n) is 2.02. The highest BCUT2D eigenvalue weighted by Crippen LogP contribution is 2.26. The zero-order valence-corrected chi connectivity index (χ0v) is 13.0. The summed E-state index contributed by atoms with van der Waals surface area (Å²) in [5.74, 6) is 0.615. The zero-order chi connectivity index (χ0) is 15.3. The molecule has 1 rings (SSSR count). The minimum absolute atomic E-state index is 0.00151. The van der Waals surface area contributed by atoms with Crippen molar-refractivity contribution in [1.82, 2.24) is 9.55 Å². The third-order valence-electron chi connectivity index (χ3n) is 3.24. The highest BCUT2D eigenvalue weighted by atomic mass is 16.5. The van der Waals surface area contributed by atoms with Crippen molar-refractivity contribution in [2.24, 2.45) is 5.41 Å². The Hall–Kier alpha value is -1.56. The van der Waals surface area contributed by atoms with Gasteiger partial charge in [-0.15, -0.1) is 0 Å². The first-order valence-corrected chi connectivity index (χ1v) is 6.81. The van der Waals surface area contributed by atoms with Crippen molar-refractivity contribution in [3.05, 3.63) is 11.5 Å². The Kier molecular flexibility index (Phi) is 5.56. The summed E-state index contributed by atoms with van der Waals surface area (Å²) in [6, 6.07) is 0. The molecule has 0 saturated heterocycles. The molecular weight excluding hydrogens is 258 g/mol. The number of esters is 1. The number of nitrogen functional groups attached to an aromatic ring is 1. The average molecular weight is 283 g/mol. The topological polar surface area (TPSA) is 79.4 Å². The predicted molar refractivity (Wildman–Crippen MR) is 77.6 cm³/mol. The van der Waals surface area contributed by atoms with Crippen LogP contribution in [0.25, 0.3) is 0 Å². The van der Waals surface area contributed by atoms with E-state index in [0.717, 1.165) is 12.2 Å². The lowest BCUT2D eigenvalue weighted by atomic mass is 9.89. The van der Waals surface area contributed by atoms with Crippen molar-refractivity contribution in [3.63, 3.8) is 0 Å². The Morgan fingerprint density at radius 3 is 2.65 bits per heavy atom. The number of anilines is 1. The van der Waals surface area contributed by atoms with E-state index in [1.54, 1.807) is 14.0 Å². The van der Waals surface area contributed by atoms with Gasteiger partial charge < -0.3 is 19.8 Å². The number of imidazole rings is 1. The number of rotatable bonds is 7. The normalized spacial score (nSPS) is 11.7. The van der Waals surface area contributed by atoms with Crippen LogP contribution in [0.15, 0.2) is 0 Å². The Morgan fingerprint density at radius 1 is 1.45 bits per heavy atom. The Balaban J connectivity index is 2.94. The van der Waals surface area contributed by atoms with Crippen LogP contribution in [-0.2, 0) is 16.0 Å². The van der Waals surface area contributed by atoms with E-state index in [2.05, 4.69) is 18.8 Å². The number of methoxy groups -OCH3 is 1. The van der Waals surface area contributed by atoms with E-state index in [1.165, 1.54) is 0 Å². The molecule has 1 aromatic rings. The molecule has 6 nitrogen and oxygen atoms in total. The highest BCUT2D eigenvalue weighted by Gasteiger charge is 2.25. The molecule has 0 radical (unpaired) electrons. The molecule has 0 amide bonds. The molecule has 114 valence electrons. The highest BCUT2D eigenvalue weighted by molar-refractivity contribution is 5.92. The van der Waals surface area contributed by atoms with E-state index in [-0.39, 0.29) is 11.1 Å². The van der Waals surface area contributed by atoms with Crippen molar-refractivity contribution in [2.45, 2.75) is 40.7 Å². The average Bonchev–Trinajstić information content (AvgIpc) is 2.64. The maximum absolute atomic E-state index is 11.8. The van der Waals surface area contributed by atoms with Crippen molar-refractivity contribution >= 4 is 11.8 Å². The van der Waals surface area contributed by atoms with E-state index < -0.39 is 5.97 Å². The molecule has 1 aromatic heterocycles. The standard InChI is InChI=1S/C14H25N3O3/c1-6-20-13(18)11-12(15)17(10(2)16-11)9-14(3,4)7-8-19-5/h6-9,15H2,1-5H3. The van der Waals surface area contributed by atoms with Crippen LogP contribution in [0, 0.1) is 12.3 Å². The monoisotopic (exact) mass is 283 g/mol. The van der Waals surface area contributed by atoms with Gasteiger partial charge in [-0.2, -0.15) is 0 Å². The van der Waals surface area contributed by atoms with Crippen LogP contribution >= 0.6 is 0 Å². The minimum Gasteiger partial charge on any atom is -0.461 e. The number of aromatic nitrogens is 2. The van der Waals surface area contributed by atoms with Crippen LogP contribution in [-0.4, -0.2) is 35.8 Å². The molecule has 0 unspecified atom stereocenters. The van der Waals surface area contributed by atoms with Crippen molar-refractivity contribution in [3.8, 4) is 0 Å². The number of aryl methyl sites for hydroxylation is 1. The van der Waals surface area contributed by atoms with Gasteiger partial charge in [0.25, 0.3) is 0 Å². The van der Waals surface area contributed by atoms with E-state index in [0.29, 0.717) is 25.6 Å². The predicted octanol–water partition coefficient (Wildman–Crippen LogP) is 2.01. The summed E-state index contributed by atoms with van der Waals surface area (Å²) in [4.78, 5) is 16.0. The molecule has 0 atom stereocenters. The van der Waals surface area contributed by atoms with Gasteiger partial charge in [0.2, 0.25) is 0 Å². The van der Waals surface area contributed by atoms with Crippen LogP contribution in [0.2, 0.25) is 0 Å². The van der Waals surface area contributed by atoms with Crippen LogP contribution in [0.5, 0.6) is 0 Å². The van der Waals surface area contributed by atoms with Gasteiger partial charge in [-0.3, -0.25) is 0 Å². The first-order valence-electron chi connectivity index (χ1n) is 6.81. The summed E-state index contributed by atoms with van der Waals surface area (Å²) in [5, 5.41) is 0. The molecule has 0 saturated carbocycles. The van der Waals surface area contributed by atoms with Crippen LogP contribution < -0.4 is 5.73 Å². The van der Waals surface area contributed by atoms with Gasteiger partial charge >= 0.3 is 5.97 Å². The third-order valence-corrected chi connectivity index (χ3v) is 3.24. The summed E-state index contributed by atoms with van der Waals surface area (Å²) in [6.07, 6.45) is 0.898. The maximum atomic E-state index is 11.8. The van der Waals surface area contributed by atoms with Gasteiger partial charge in [0, 0.05) is 20.3 Å². The number of carbonyl (C=O) groups is 1.